The van der Waals surface area contributed by atoms with E-state index in [0.29, 0.717) is 25.9 Å². The molecule has 0 bridgehead atoms. The van der Waals surface area contributed by atoms with E-state index in [2.05, 4.69) is 19.2 Å². The Bertz CT molecular complexity index is 837. The zero-order valence-electron chi connectivity index (χ0n) is 40.0. The molecule has 0 saturated carbocycles. The Morgan fingerprint density at radius 1 is 0.407 bits per heavy atom. The van der Waals surface area contributed by atoms with Crippen molar-refractivity contribution in [1.29, 1.82) is 0 Å². The maximum atomic E-state index is 12.5. The van der Waals surface area contributed by atoms with E-state index in [1.165, 1.54) is 212 Å². The fraction of sp³-hybridized carbons (Fsp3) is 0.962. The van der Waals surface area contributed by atoms with Gasteiger partial charge in [-0.3, -0.25) is 9.59 Å². The van der Waals surface area contributed by atoms with Gasteiger partial charge in [-0.2, -0.15) is 0 Å². The predicted molar refractivity (Wildman–Crippen MR) is 255 cm³/mol. The molecule has 2 atom stereocenters. The van der Waals surface area contributed by atoms with E-state index < -0.39 is 12.1 Å². The van der Waals surface area contributed by atoms with Crippen molar-refractivity contribution in [3.63, 3.8) is 0 Å². The van der Waals surface area contributed by atoms with Crippen molar-refractivity contribution >= 4 is 11.9 Å². The zero-order valence-corrected chi connectivity index (χ0v) is 40.0. The van der Waals surface area contributed by atoms with E-state index in [-0.39, 0.29) is 18.5 Å². The minimum absolute atomic E-state index is 0.0162. The van der Waals surface area contributed by atoms with Gasteiger partial charge in [-0.05, 0) is 25.7 Å². The molecule has 0 aliphatic rings. The molecule has 0 aromatic carbocycles. The highest BCUT2D eigenvalue weighted by atomic mass is 16.5. The molecular weight excluding hydrogens is 731 g/mol. The number of amides is 1. The molecule has 352 valence electrons. The molecule has 0 aromatic rings. The Hall–Kier alpha value is -1.14. The standard InChI is InChI=1S/C53H105NO5/c1-3-5-7-9-11-13-15-17-18-19-20-21-22-24-25-29-33-37-41-45-51(56)50(49-55)54-52(57)46-42-38-34-30-27-28-32-36-40-44-48-59-53(58)47-43-39-35-31-26-23-16-14-12-10-8-6-4-2/h50-51,55-56H,3-49H2,1-2H3,(H,54,57). The molecular formula is C53H105NO5. The van der Waals surface area contributed by atoms with Crippen LogP contribution in [0.2, 0.25) is 0 Å². The van der Waals surface area contributed by atoms with Gasteiger partial charge in [-0.15, -0.1) is 0 Å². The minimum atomic E-state index is -0.677. The molecule has 0 heterocycles. The van der Waals surface area contributed by atoms with Gasteiger partial charge in [0.1, 0.15) is 0 Å². The first kappa shape index (κ1) is 57.9. The van der Waals surface area contributed by atoms with Crippen LogP contribution in [-0.4, -0.2) is 47.4 Å². The molecule has 0 rings (SSSR count). The molecule has 0 radical (unpaired) electrons. The molecule has 0 aliphatic carbocycles. The number of rotatable bonds is 50. The Morgan fingerprint density at radius 2 is 0.695 bits per heavy atom. The average Bonchev–Trinajstić information content (AvgIpc) is 3.24. The summed E-state index contributed by atoms with van der Waals surface area (Å²) in [6.45, 7) is 4.92. The lowest BCUT2D eigenvalue weighted by Crippen LogP contribution is -2.45. The molecule has 59 heavy (non-hydrogen) atoms. The van der Waals surface area contributed by atoms with Crippen molar-refractivity contribution in [1.82, 2.24) is 5.32 Å². The van der Waals surface area contributed by atoms with Crippen molar-refractivity contribution in [2.24, 2.45) is 0 Å². The van der Waals surface area contributed by atoms with Gasteiger partial charge in [0.05, 0.1) is 25.4 Å². The maximum absolute atomic E-state index is 12.5. The van der Waals surface area contributed by atoms with Crippen LogP contribution in [0.1, 0.15) is 303 Å². The van der Waals surface area contributed by atoms with Crippen LogP contribution in [0, 0.1) is 0 Å². The lowest BCUT2D eigenvalue weighted by atomic mass is 10.0. The SMILES string of the molecule is CCCCCCCCCCCCCCCCCCCCCC(O)C(CO)NC(=O)CCCCCCCCCCCCOC(=O)CCCCCCCCCCCCCCC. The van der Waals surface area contributed by atoms with Crippen LogP contribution in [-0.2, 0) is 14.3 Å². The van der Waals surface area contributed by atoms with Gasteiger partial charge in [-0.1, -0.05) is 264 Å². The second kappa shape index (κ2) is 49.5. The van der Waals surface area contributed by atoms with Crippen LogP contribution in [0.25, 0.3) is 0 Å². The monoisotopic (exact) mass is 836 g/mol. The van der Waals surface area contributed by atoms with Gasteiger partial charge in [0.15, 0.2) is 0 Å². The van der Waals surface area contributed by atoms with Crippen LogP contribution in [0.15, 0.2) is 0 Å². The van der Waals surface area contributed by atoms with Gasteiger partial charge in [-0.25, -0.2) is 0 Å². The van der Waals surface area contributed by atoms with Crippen molar-refractivity contribution in [2.75, 3.05) is 13.2 Å². The number of esters is 1. The van der Waals surface area contributed by atoms with Crippen LogP contribution < -0.4 is 5.32 Å². The van der Waals surface area contributed by atoms with Crippen molar-refractivity contribution < 1.29 is 24.5 Å². The number of aliphatic hydroxyl groups excluding tert-OH is 2. The van der Waals surface area contributed by atoms with Gasteiger partial charge < -0.3 is 20.3 Å². The van der Waals surface area contributed by atoms with Crippen molar-refractivity contribution in [3.05, 3.63) is 0 Å². The zero-order chi connectivity index (χ0) is 43.0. The number of carbonyl (C=O) groups is 2. The number of hydrogen-bond donors (Lipinski definition) is 3. The number of aliphatic hydroxyl groups is 2. The van der Waals surface area contributed by atoms with Gasteiger partial charge in [0, 0.05) is 12.8 Å². The molecule has 0 fully saturated rings. The summed E-state index contributed by atoms with van der Waals surface area (Å²) in [5.41, 5.74) is 0. The second-order valence-corrected chi connectivity index (χ2v) is 18.6. The first-order chi connectivity index (χ1) is 29.0. The molecule has 0 saturated heterocycles. The third kappa shape index (κ3) is 46.2. The molecule has 0 spiro atoms. The third-order valence-electron chi connectivity index (χ3n) is 12.7. The average molecular weight is 836 g/mol. The Kier molecular flexibility index (Phi) is 48.6. The number of carbonyl (C=O) groups excluding carboxylic acids is 2. The fourth-order valence-electron chi connectivity index (χ4n) is 8.52. The maximum Gasteiger partial charge on any atom is 0.305 e. The number of hydrogen-bond acceptors (Lipinski definition) is 5. The highest BCUT2D eigenvalue weighted by molar-refractivity contribution is 5.76. The third-order valence-corrected chi connectivity index (χ3v) is 12.7. The van der Waals surface area contributed by atoms with E-state index in [0.717, 1.165) is 57.8 Å². The fourth-order valence-corrected chi connectivity index (χ4v) is 8.52. The van der Waals surface area contributed by atoms with Crippen LogP contribution in [0.4, 0.5) is 0 Å². The number of ether oxygens (including phenoxy) is 1. The van der Waals surface area contributed by atoms with Gasteiger partial charge >= 0.3 is 5.97 Å². The van der Waals surface area contributed by atoms with Crippen LogP contribution >= 0.6 is 0 Å². The molecule has 0 aromatic heterocycles. The summed E-state index contributed by atoms with van der Waals surface area (Å²) < 4.78 is 5.45. The van der Waals surface area contributed by atoms with Crippen molar-refractivity contribution in [2.45, 2.75) is 315 Å². The molecule has 0 aliphatic heterocycles. The lowest BCUT2D eigenvalue weighted by Gasteiger charge is -2.22. The van der Waals surface area contributed by atoms with E-state index in [4.69, 9.17) is 4.74 Å². The molecule has 6 nitrogen and oxygen atoms in total. The van der Waals surface area contributed by atoms with Crippen LogP contribution in [0.3, 0.4) is 0 Å². The van der Waals surface area contributed by atoms with E-state index in [1.807, 2.05) is 0 Å². The highest BCUT2D eigenvalue weighted by Crippen LogP contribution is 2.17. The second-order valence-electron chi connectivity index (χ2n) is 18.6. The summed E-state index contributed by atoms with van der Waals surface area (Å²) in [6.07, 6.45) is 55.0. The molecule has 6 heteroatoms. The summed E-state index contributed by atoms with van der Waals surface area (Å²) in [4.78, 5) is 24.5. The summed E-state index contributed by atoms with van der Waals surface area (Å²) in [5, 5.41) is 23.3. The Labute approximate surface area is 368 Å². The minimum Gasteiger partial charge on any atom is -0.466 e. The summed E-state index contributed by atoms with van der Waals surface area (Å²) in [7, 11) is 0. The summed E-state index contributed by atoms with van der Waals surface area (Å²) >= 11 is 0. The summed E-state index contributed by atoms with van der Waals surface area (Å²) in [5.74, 6) is -0.0703. The molecule has 2 unspecified atom stereocenters. The topological polar surface area (TPSA) is 95.9 Å². The van der Waals surface area contributed by atoms with Crippen LogP contribution in [0.5, 0.6) is 0 Å². The Balaban J connectivity index is 3.46. The van der Waals surface area contributed by atoms with Gasteiger partial charge in [0.2, 0.25) is 5.91 Å². The van der Waals surface area contributed by atoms with E-state index >= 15 is 0 Å². The number of nitrogens with one attached hydrogen (secondary N) is 1. The van der Waals surface area contributed by atoms with Gasteiger partial charge in [0.25, 0.3) is 0 Å². The first-order valence-electron chi connectivity index (χ1n) is 26.8. The number of unbranched alkanes of at least 4 members (excludes halogenated alkanes) is 39. The van der Waals surface area contributed by atoms with E-state index in [9.17, 15) is 19.8 Å². The normalized spacial score (nSPS) is 12.5. The summed E-state index contributed by atoms with van der Waals surface area (Å²) in [6, 6.07) is -0.556. The molecule has 1 amide bonds. The Morgan fingerprint density at radius 3 is 1.03 bits per heavy atom. The predicted octanol–water partition coefficient (Wildman–Crippen LogP) is 16.0. The smallest absolute Gasteiger partial charge is 0.305 e. The lowest BCUT2D eigenvalue weighted by molar-refractivity contribution is -0.143. The largest absolute Gasteiger partial charge is 0.466 e. The molecule has 3 N–H and O–H groups in total. The van der Waals surface area contributed by atoms with Crippen molar-refractivity contribution in [3.8, 4) is 0 Å². The highest BCUT2D eigenvalue weighted by Gasteiger charge is 2.20. The quantitative estimate of drug-likeness (QED) is 0.0419. The van der Waals surface area contributed by atoms with E-state index in [1.54, 1.807) is 0 Å². The first-order valence-corrected chi connectivity index (χ1v) is 26.8.